The molecule has 0 saturated carbocycles. The summed E-state index contributed by atoms with van der Waals surface area (Å²) in [7, 11) is -1.32. The summed E-state index contributed by atoms with van der Waals surface area (Å²) in [6, 6.07) is 3.86. The van der Waals surface area contributed by atoms with Gasteiger partial charge in [-0.3, -0.25) is 0 Å². The summed E-state index contributed by atoms with van der Waals surface area (Å²) in [4.78, 5) is 0.513. The first-order valence-corrected chi connectivity index (χ1v) is 7.49. The highest BCUT2D eigenvalue weighted by atomic mass is 32.2. The number of benzene rings is 1. The van der Waals surface area contributed by atoms with Gasteiger partial charge in [0.25, 0.3) is 0 Å². The Morgan fingerprint density at radius 3 is 2.12 bits per heavy atom. The first kappa shape index (κ1) is 14.2. The van der Waals surface area contributed by atoms with Gasteiger partial charge in [0, 0.05) is 0 Å². The van der Waals surface area contributed by atoms with E-state index in [9.17, 15) is 8.42 Å². The predicted octanol–water partition coefficient (Wildman–Crippen LogP) is 2.00. The smallest absolute Gasteiger partial charge is 0.178 e. The Hall–Kier alpha value is -0.870. The summed E-state index contributed by atoms with van der Waals surface area (Å²) >= 11 is 0. The third-order valence-electron chi connectivity index (χ3n) is 2.76. The molecule has 0 radical (unpaired) electrons. The number of aryl methyl sites for hydroxylation is 3. The van der Waals surface area contributed by atoms with Crippen LogP contribution in [0.3, 0.4) is 0 Å². The van der Waals surface area contributed by atoms with E-state index >= 15 is 0 Å². The molecule has 0 atom stereocenters. The zero-order chi connectivity index (χ0) is 13.1. The van der Waals surface area contributed by atoms with Gasteiger partial charge in [0.2, 0.25) is 0 Å². The topological polar surface area (TPSA) is 46.2 Å². The summed E-state index contributed by atoms with van der Waals surface area (Å²) < 4.78 is 24.5. The predicted molar refractivity (Wildman–Crippen MR) is 71.2 cm³/mol. The van der Waals surface area contributed by atoms with Crippen LogP contribution in [0.25, 0.3) is 0 Å². The van der Waals surface area contributed by atoms with Gasteiger partial charge in [-0.1, -0.05) is 17.7 Å². The Balaban J connectivity index is 3.07. The molecule has 0 heterocycles. The van der Waals surface area contributed by atoms with Crippen molar-refractivity contribution < 1.29 is 8.42 Å². The van der Waals surface area contributed by atoms with Gasteiger partial charge in [-0.2, -0.15) is 0 Å². The quantitative estimate of drug-likeness (QED) is 0.819. The van der Waals surface area contributed by atoms with Crippen molar-refractivity contribution in [2.24, 2.45) is 0 Å². The maximum atomic E-state index is 12.2. The third-order valence-corrected chi connectivity index (χ3v) is 4.85. The summed E-state index contributed by atoms with van der Waals surface area (Å²) in [6.07, 6.45) is 0.644. The van der Waals surface area contributed by atoms with Crippen molar-refractivity contribution >= 4 is 9.84 Å². The number of rotatable bonds is 5. The molecule has 0 saturated heterocycles. The van der Waals surface area contributed by atoms with E-state index in [-0.39, 0.29) is 5.75 Å². The normalized spacial score (nSPS) is 11.8. The average Bonchev–Trinajstić information content (AvgIpc) is 2.15. The van der Waals surface area contributed by atoms with Crippen molar-refractivity contribution in [3.05, 3.63) is 28.8 Å². The second-order valence-corrected chi connectivity index (χ2v) is 6.55. The van der Waals surface area contributed by atoms with E-state index < -0.39 is 9.84 Å². The van der Waals surface area contributed by atoms with Crippen molar-refractivity contribution in [3.63, 3.8) is 0 Å². The first-order valence-electron chi connectivity index (χ1n) is 5.83. The van der Waals surface area contributed by atoms with Gasteiger partial charge in [-0.15, -0.1) is 0 Å². The minimum Gasteiger partial charge on any atom is -0.320 e. The van der Waals surface area contributed by atoms with E-state index in [1.165, 1.54) is 0 Å². The van der Waals surface area contributed by atoms with Crippen molar-refractivity contribution in [1.82, 2.24) is 5.32 Å². The average molecular weight is 255 g/mol. The van der Waals surface area contributed by atoms with Crippen molar-refractivity contribution in [2.75, 3.05) is 19.3 Å². The van der Waals surface area contributed by atoms with Crippen molar-refractivity contribution in [3.8, 4) is 0 Å². The molecule has 0 aliphatic heterocycles. The molecule has 0 amide bonds. The minimum atomic E-state index is -3.15. The van der Waals surface area contributed by atoms with E-state index in [1.54, 1.807) is 0 Å². The maximum absolute atomic E-state index is 12.2. The van der Waals surface area contributed by atoms with Gasteiger partial charge >= 0.3 is 0 Å². The number of nitrogens with one attached hydrogen (secondary N) is 1. The lowest BCUT2D eigenvalue weighted by atomic mass is 10.1. The zero-order valence-corrected chi connectivity index (χ0v) is 11.8. The van der Waals surface area contributed by atoms with Gasteiger partial charge in [0.05, 0.1) is 10.6 Å². The van der Waals surface area contributed by atoms with E-state index in [2.05, 4.69) is 5.32 Å². The van der Waals surface area contributed by atoms with Gasteiger partial charge in [-0.05, 0) is 51.9 Å². The summed E-state index contributed by atoms with van der Waals surface area (Å²) in [6.45, 7) is 6.44. The van der Waals surface area contributed by atoms with E-state index in [0.717, 1.165) is 23.2 Å². The number of sulfone groups is 1. The number of hydrogen-bond acceptors (Lipinski definition) is 3. The van der Waals surface area contributed by atoms with Gasteiger partial charge < -0.3 is 5.32 Å². The van der Waals surface area contributed by atoms with Crippen molar-refractivity contribution in [1.29, 1.82) is 0 Å². The lowest BCUT2D eigenvalue weighted by Crippen LogP contribution is -2.16. The van der Waals surface area contributed by atoms with E-state index in [0.29, 0.717) is 11.3 Å². The lowest BCUT2D eigenvalue weighted by Gasteiger charge is -2.12. The number of hydrogen-bond donors (Lipinski definition) is 1. The van der Waals surface area contributed by atoms with Gasteiger partial charge in [-0.25, -0.2) is 8.42 Å². The summed E-state index contributed by atoms with van der Waals surface area (Å²) in [5, 5.41) is 2.97. The molecule has 0 bridgehead atoms. The molecule has 17 heavy (non-hydrogen) atoms. The first-order chi connectivity index (χ1) is 7.88. The SMILES string of the molecule is CNCCCS(=O)(=O)c1c(C)cc(C)cc1C. The zero-order valence-electron chi connectivity index (χ0n) is 11.0. The van der Waals surface area contributed by atoms with Crippen LogP contribution in [0.5, 0.6) is 0 Å². The van der Waals surface area contributed by atoms with Crippen LogP contribution < -0.4 is 5.32 Å². The molecular weight excluding hydrogens is 234 g/mol. The molecular formula is C13H21NO2S. The maximum Gasteiger partial charge on any atom is 0.178 e. The largest absolute Gasteiger partial charge is 0.320 e. The van der Waals surface area contributed by atoms with Crippen LogP contribution >= 0.6 is 0 Å². The minimum absolute atomic E-state index is 0.207. The molecule has 0 aliphatic rings. The van der Waals surface area contributed by atoms with Gasteiger partial charge in [0.1, 0.15) is 0 Å². The lowest BCUT2D eigenvalue weighted by molar-refractivity contribution is 0.590. The summed E-state index contributed by atoms with van der Waals surface area (Å²) in [5.74, 6) is 0.207. The van der Waals surface area contributed by atoms with Gasteiger partial charge in [0.15, 0.2) is 9.84 Å². The molecule has 1 rings (SSSR count). The van der Waals surface area contributed by atoms with Crippen molar-refractivity contribution in [2.45, 2.75) is 32.1 Å². The molecule has 0 aromatic heterocycles. The fraction of sp³-hybridized carbons (Fsp3) is 0.538. The Labute approximate surface area is 104 Å². The molecule has 96 valence electrons. The Morgan fingerprint density at radius 2 is 1.65 bits per heavy atom. The summed E-state index contributed by atoms with van der Waals surface area (Å²) in [5.41, 5.74) is 2.81. The van der Waals surface area contributed by atoms with E-state index in [4.69, 9.17) is 0 Å². The Kier molecular flexibility index (Phi) is 4.71. The monoisotopic (exact) mass is 255 g/mol. The third kappa shape index (κ3) is 3.54. The van der Waals surface area contributed by atoms with Crippen LogP contribution in [-0.4, -0.2) is 27.8 Å². The molecule has 3 nitrogen and oxygen atoms in total. The second-order valence-electron chi connectivity index (χ2n) is 4.50. The molecule has 0 unspecified atom stereocenters. The Morgan fingerprint density at radius 1 is 1.12 bits per heavy atom. The highest BCUT2D eigenvalue weighted by Crippen LogP contribution is 2.23. The van der Waals surface area contributed by atoms with Crippen LogP contribution in [0.2, 0.25) is 0 Å². The molecule has 1 N–H and O–H groups in total. The molecule has 4 heteroatoms. The van der Waals surface area contributed by atoms with E-state index in [1.807, 2.05) is 40.0 Å². The molecule has 0 spiro atoms. The fourth-order valence-electron chi connectivity index (χ4n) is 2.20. The van der Waals surface area contributed by atoms with Crippen LogP contribution in [0, 0.1) is 20.8 Å². The fourth-order valence-corrected chi connectivity index (χ4v) is 4.03. The highest BCUT2D eigenvalue weighted by molar-refractivity contribution is 7.91. The highest BCUT2D eigenvalue weighted by Gasteiger charge is 2.19. The molecule has 1 aromatic rings. The standard InChI is InChI=1S/C13H21NO2S/c1-10-8-11(2)13(12(3)9-10)17(15,16)7-5-6-14-4/h8-9,14H,5-7H2,1-4H3. The van der Waals surface area contributed by atoms with Crippen LogP contribution in [-0.2, 0) is 9.84 Å². The molecule has 1 aromatic carbocycles. The van der Waals surface area contributed by atoms with Crippen LogP contribution in [0.1, 0.15) is 23.1 Å². The second kappa shape index (κ2) is 5.65. The molecule has 0 fully saturated rings. The Bertz CT molecular complexity index is 469. The molecule has 0 aliphatic carbocycles. The van der Waals surface area contributed by atoms with Crippen LogP contribution in [0.15, 0.2) is 17.0 Å². The van der Waals surface area contributed by atoms with Crippen LogP contribution in [0.4, 0.5) is 0 Å².